The smallest absolute Gasteiger partial charge is 0.306 e. The van der Waals surface area contributed by atoms with Gasteiger partial charge in [-0.1, -0.05) is 44.6 Å². The predicted octanol–water partition coefficient (Wildman–Crippen LogP) is 5.62. The Labute approximate surface area is 140 Å². The van der Waals surface area contributed by atoms with Gasteiger partial charge in [-0.3, -0.25) is 4.79 Å². The largest absolute Gasteiger partial charge is 0.481 e. The second-order valence-electron chi connectivity index (χ2n) is 5.22. The van der Waals surface area contributed by atoms with Crippen molar-refractivity contribution in [2.75, 3.05) is 11.5 Å². The minimum Gasteiger partial charge on any atom is -0.481 e. The summed E-state index contributed by atoms with van der Waals surface area (Å²) in [5.41, 5.74) is 3.12. The molecule has 3 heteroatoms. The topological polar surface area (TPSA) is 37.3 Å². The van der Waals surface area contributed by atoms with Gasteiger partial charge in [0.25, 0.3) is 0 Å². The summed E-state index contributed by atoms with van der Waals surface area (Å²) in [4.78, 5) is 10.6. The normalized spacial score (nSPS) is 12.5. The Balaban J connectivity index is 3.46. The van der Waals surface area contributed by atoms with Gasteiger partial charge in [-0.25, -0.2) is 0 Å². The van der Waals surface area contributed by atoms with Crippen LogP contribution in [0, 0.1) is 5.92 Å². The fourth-order valence-electron chi connectivity index (χ4n) is 1.64. The zero-order chi connectivity index (χ0) is 16.5. The highest BCUT2D eigenvalue weighted by Crippen LogP contribution is 2.06. The van der Waals surface area contributed by atoms with Crippen molar-refractivity contribution < 1.29 is 9.90 Å². The number of unbranched alkanes of at least 4 members (excludes halogenated alkanes) is 1. The number of rotatable bonds is 13. The molecule has 1 unspecified atom stereocenters. The van der Waals surface area contributed by atoms with Crippen molar-refractivity contribution in [3.05, 3.63) is 42.2 Å². The van der Waals surface area contributed by atoms with Crippen LogP contribution in [0.15, 0.2) is 42.2 Å². The van der Waals surface area contributed by atoms with Crippen LogP contribution >= 0.6 is 11.8 Å². The van der Waals surface area contributed by atoms with Gasteiger partial charge < -0.3 is 5.11 Å². The van der Waals surface area contributed by atoms with Crippen LogP contribution in [0.1, 0.15) is 52.4 Å². The van der Waals surface area contributed by atoms with Crippen LogP contribution in [0.4, 0.5) is 0 Å². The lowest BCUT2D eigenvalue weighted by Crippen LogP contribution is -2.08. The third-order valence-electron chi connectivity index (χ3n) is 3.09. The van der Waals surface area contributed by atoms with E-state index in [-0.39, 0.29) is 5.92 Å². The summed E-state index contributed by atoms with van der Waals surface area (Å²) >= 11 is 1.89. The first-order valence-corrected chi connectivity index (χ1v) is 9.33. The third-order valence-corrected chi connectivity index (χ3v) is 4.02. The molecule has 0 saturated carbocycles. The van der Waals surface area contributed by atoms with Crippen molar-refractivity contribution in [1.29, 1.82) is 0 Å². The highest BCUT2D eigenvalue weighted by molar-refractivity contribution is 7.99. The summed E-state index contributed by atoms with van der Waals surface area (Å²) in [7, 11) is 0. The molecule has 2 nitrogen and oxygen atoms in total. The molecule has 0 fully saturated rings. The zero-order valence-electron chi connectivity index (χ0n) is 14.0. The molecule has 0 rings (SSSR count). The number of thioether (sulfide) groups is 1. The summed E-state index contributed by atoms with van der Waals surface area (Å²) in [5, 5.41) is 8.74. The van der Waals surface area contributed by atoms with Gasteiger partial charge in [0, 0.05) is 5.75 Å². The molecule has 0 aromatic heterocycles. The lowest BCUT2D eigenvalue weighted by atomic mass is 10.1. The Morgan fingerprint density at radius 3 is 2.55 bits per heavy atom. The van der Waals surface area contributed by atoms with Crippen molar-refractivity contribution in [2.45, 2.75) is 52.4 Å². The molecule has 0 saturated heterocycles. The first-order valence-electron chi connectivity index (χ1n) is 8.18. The van der Waals surface area contributed by atoms with E-state index in [1.807, 2.05) is 23.9 Å². The van der Waals surface area contributed by atoms with E-state index in [1.54, 1.807) is 6.92 Å². The molecule has 0 spiro atoms. The molecule has 0 bridgehead atoms. The molecule has 1 atom stereocenters. The maximum atomic E-state index is 10.6. The Morgan fingerprint density at radius 2 is 1.86 bits per heavy atom. The number of carboxylic acid groups (broad SMARTS) is 1. The molecule has 0 aliphatic heterocycles. The minimum atomic E-state index is -0.721. The molecule has 0 aromatic carbocycles. The van der Waals surface area contributed by atoms with Crippen molar-refractivity contribution >= 4 is 17.7 Å². The third kappa shape index (κ3) is 15.2. The summed E-state index contributed by atoms with van der Waals surface area (Å²) in [6.45, 7) is 3.93. The maximum Gasteiger partial charge on any atom is 0.306 e. The number of carbonyl (C=O) groups is 1. The monoisotopic (exact) mass is 322 g/mol. The SMILES string of the molecule is CCC/C=C\C/C=C\CCSCC=C=CCCC(C)C(=O)O. The Bertz CT molecular complexity index is 390. The highest BCUT2D eigenvalue weighted by Gasteiger charge is 2.08. The minimum absolute atomic E-state index is 0.268. The maximum absolute atomic E-state index is 10.6. The molecule has 1 N–H and O–H groups in total. The van der Waals surface area contributed by atoms with E-state index in [1.165, 1.54) is 12.8 Å². The van der Waals surface area contributed by atoms with Gasteiger partial charge in [0.1, 0.15) is 0 Å². The van der Waals surface area contributed by atoms with Crippen LogP contribution in [0.3, 0.4) is 0 Å². The average Bonchev–Trinajstić information content (AvgIpc) is 2.50. The first kappa shape index (κ1) is 20.8. The molecule has 0 heterocycles. The van der Waals surface area contributed by atoms with Gasteiger partial charge in [-0.05, 0) is 50.0 Å². The summed E-state index contributed by atoms with van der Waals surface area (Å²) in [6.07, 6.45) is 18.9. The molecule has 0 aliphatic rings. The molecular weight excluding hydrogens is 292 g/mol. The lowest BCUT2D eigenvalue weighted by molar-refractivity contribution is -0.141. The second-order valence-corrected chi connectivity index (χ2v) is 6.37. The molecular formula is C19H30O2S. The lowest BCUT2D eigenvalue weighted by Gasteiger charge is -2.00. The van der Waals surface area contributed by atoms with E-state index in [9.17, 15) is 4.79 Å². The van der Waals surface area contributed by atoms with Gasteiger partial charge in [-0.2, -0.15) is 11.8 Å². The van der Waals surface area contributed by atoms with Crippen LogP contribution in [0.2, 0.25) is 0 Å². The molecule has 0 amide bonds. The quantitative estimate of drug-likeness (QED) is 0.271. The van der Waals surface area contributed by atoms with Crippen molar-refractivity contribution in [3.63, 3.8) is 0 Å². The summed E-state index contributed by atoms with van der Waals surface area (Å²) < 4.78 is 0. The Kier molecular flexibility index (Phi) is 15.3. The standard InChI is InChI=1S/C19H30O2S/c1-3-4-5-6-7-8-10-13-16-22-17-14-11-9-12-15-18(2)19(20)21/h5-6,8-10,14,18H,3-4,7,12-13,15-17H2,1-2H3,(H,20,21)/b6-5-,10-8-. The van der Waals surface area contributed by atoms with E-state index >= 15 is 0 Å². The summed E-state index contributed by atoms with van der Waals surface area (Å²) in [5.74, 6) is 1.11. The number of carboxylic acids is 1. The number of allylic oxidation sites excluding steroid dienone is 4. The van der Waals surface area contributed by atoms with Crippen molar-refractivity contribution in [2.24, 2.45) is 5.92 Å². The van der Waals surface area contributed by atoms with Gasteiger partial charge in [0.05, 0.1) is 5.92 Å². The van der Waals surface area contributed by atoms with Crippen LogP contribution in [0.5, 0.6) is 0 Å². The van der Waals surface area contributed by atoms with Gasteiger partial charge in [0.2, 0.25) is 0 Å². The number of hydrogen-bond donors (Lipinski definition) is 1. The Morgan fingerprint density at radius 1 is 1.14 bits per heavy atom. The molecule has 0 radical (unpaired) electrons. The second kappa shape index (κ2) is 16.2. The Hall–Kier alpha value is -1.18. The van der Waals surface area contributed by atoms with E-state index in [4.69, 9.17) is 5.11 Å². The highest BCUT2D eigenvalue weighted by atomic mass is 32.2. The number of hydrogen-bond acceptors (Lipinski definition) is 2. The van der Waals surface area contributed by atoms with Gasteiger partial charge >= 0.3 is 5.97 Å². The van der Waals surface area contributed by atoms with Crippen LogP contribution in [0.25, 0.3) is 0 Å². The van der Waals surface area contributed by atoms with E-state index < -0.39 is 5.97 Å². The molecule has 0 aliphatic carbocycles. The van der Waals surface area contributed by atoms with Crippen LogP contribution in [-0.4, -0.2) is 22.6 Å². The van der Waals surface area contributed by atoms with Crippen molar-refractivity contribution in [1.82, 2.24) is 0 Å². The van der Waals surface area contributed by atoms with Gasteiger partial charge in [0.15, 0.2) is 0 Å². The average molecular weight is 323 g/mol. The van der Waals surface area contributed by atoms with Crippen LogP contribution < -0.4 is 0 Å². The predicted molar refractivity (Wildman–Crippen MR) is 98.4 cm³/mol. The molecule has 22 heavy (non-hydrogen) atoms. The van der Waals surface area contributed by atoms with E-state index in [0.717, 1.165) is 30.8 Å². The van der Waals surface area contributed by atoms with Crippen molar-refractivity contribution in [3.8, 4) is 0 Å². The van der Waals surface area contributed by atoms with Gasteiger partial charge in [-0.15, -0.1) is 5.73 Å². The van der Waals surface area contributed by atoms with E-state index in [2.05, 4.69) is 37.0 Å². The van der Waals surface area contributed by atoms with Crippen LogP contribution in [-0.2, 0) is 4.79 Å². The summed E-state index contributed by atoms with van der Waals surface area (Å²) in [6, 6.07) is 0. The zero-order valence-corrected chi connectivity index (χ0v) is 14.8. The number of aliphatic carboxylic acids is 1. The molecule has 0 aromatic rings. The molecule has 124 valence electrons. The fourth-order valence-corrected chi connectivity index (χ4v) is 2.32. The first-order chi connectivity index (χ1) is 10.7. The fraction of sp³-hybridized carbons (Fsp3) is 0.579. The van der Waals surface area contributed by atoms with E-state index in [0.29, 0.717) is 6.42 Å².